The van der Waals surface area contributed by atoms with Gasteiger partial charge in [0.2, 0.25) is 10.0 Å². The molecule has 2 aromatic rings. The van der Waals surface area contributed by atoms with Crippen LogP contribution in [0.15, 0.2) is 42.5 Å². The number of halogens is 2. The Kier molecular flexibility index (Phi) is 7.65. The second kappa shape index (κ2) is 9.56. The maximum absolute atomic E-state index is 13.3. The number of sulfonamides is 1. The summed E-state index contributed by atoms with van der Waals surface area (Å²) in [6.07, 6.45) is 0.948. The summed E-state index contributed by atoms with van der Waals surface area (Å²) in [5, 5.41) is 3.29. The third-order valence-corrected chi connectivity index (χ3v) is 4.98. The summed E-state index contributed by atoms with van der Waals surface area (Å²) in [5.41, 5.74) is 1.96. The van der Waals surface area contributed by atoms with Gasteiger partial charge in [0.15, 0.2) is 11.5 Å². The lowest BCUT2D eigenvalue weighted by molar-refractivity contribution is 0.0896. The quantitative estimate of drug-likeness (QED) is 0.706. The number of ether oxygens (including phenoxy) is 2. The normalized spacial score (nSPS) is 16.9. The number of nitrogens with one attached hydrogen (secondary N) is 2. The highest BCUT2D eigenvalue weighted by Crippen LogP contribution is 2.31. The molecule has 0 aliphatic carbocycles. The average Bonchev–Trinajstić information content (AvgIpc) is 2.60. The summed E-state index contributed by atoms with van der Waals surface area (Å²) in [4.78, 5) is 0. The molecule has 28 heavy (non-hydrogen) atoms. The van der Waals surface area contributed by atoms with Gasteiger partial charge in [-0.15, -0.1) is 12.4 Å². The summed E-state index contributed by atoms with van der Waals surface area (Å²) in [5.74, 6) is 0.621. The van der Waals surface area contributed by atoms with Crippen molar-refractivity contribution in [3.63, 3.8) is 0 Å². The number of hydrogen-bond donors (Lipinski definition) is 2. The van der Waals surface area contributed by atoms with E-state index in [0.717, 1.165) is 17.4 Å². The lowest BCUT2D eigenvalue weighted by Crippen LogP contribution is -2.38. The fourth-order valence-corrected chi connectivity index (χ4v) is 3.66. The molecule has 0 spiro atoms. The van der Waals surface area contributed by atoms with Crippen molar-refractivity contribution in [1.82, 2.24) is 10.0 Å². The number of rotatable bonds is 7. The van der Waals surface area contributed by atoms with Gasteiger partial charge in [0.25, 0.3) is 0 Å². The standard InChI is InChI=1S/C19H23FN2O4S.ClH/c1-13(22-27(2,23)24)15-5-3-14(4-6-15)10-21-11-17-12-25-18-8-7-16(20)9-19(18)26-17;/h3-9,13,17,21-22H,10-12H2,1-2H3;1H/t13-,17?;/m1./s1. The molecule has 1 unspecified atom stereocenters. The van der Waals surface area contributed by atoms with E-state index in [1.807, 2.05) is 24.3 Å². The zero-order valence-corrected chi connectivity index (χ0v) is 17.3. The maximum Gasteiger partial charge on any atom is 0.209 e. The smallest absolute Gasteiger partial charge is 0.209 e. The van der Waals surface area contributed by atoms with Crippen molar-refractivity contribution < 1.29 is 22.3 Å². The minimum Gasteiger partial charge on any atom is -0.486 e. The molecule has 0 saturated heterocycles. The van der Waals surface area contributed by atoms with E-state index >= 15 is 0 Å². The molecule has 0 bridgehead atoms. The molecule has 6 nitrogen and oxygen atoms in total. The third-order valence-electron chi connectivity index (χ3n) is 4.20. The van der Waals surface area contributed by atoms with Gasteiger partial charge < -0.3 is 14.8 Å². The summed E-state index contributed by atoms with van der Waals surface area (Å²) in [7, 11) is -3.24. The Morgan fingerprint density at radius 1 is 1.18 bits per heavy atom. The predicted molar refractivity (Wildman–Crippen MR) is 108 cm³/mol. The van der Waals surface area contributed by atoms with E-state index < -0.39 is 10.0 Å². The SMILES string of the molecule is C[C@@H](NS(C)(=O)=O)c1ccc(CNCC2COc3ccc(F)cc3O2)cc1.Cl. The molecule has 3 rings (SSSR count). The van der Waals surface area contributed by atoms with E-state index in [0.29, 0.717) is 31.2 Å². The van der Waals surface area contributed by atoms with Crippen molar-refractivity contribution in [1.29, 1.82) is 0 Å². The Hall–Kier alpha value is -1.87. The van der Waals surface area contributed by atoms with Crippen LogP contribution in [0.1, 0.15) is 24.1 Å². The van der Waals surface area contributed by atoms with Crippen LogP contribution >= 0.6 is 12.4 Å². The third kappa shape index (κ3) is 6.34. The van der Waals surface area contributed by atoms with Crippen LogP contribution in [0.25, 0.3) is 0 Å². The molecular weight excluding hydrogens is 407 g/mol. The first-order valence-corrected chi connectivity index (χ1v) is 10.5. The van der Waals surface area contributed by atoms with Gasteiger partial charge in [-0.3, -0.25) is 0 Å². The molecule has 0 fully saturated rings. The highest BCUT2D eigenvalue weighted by Gasteiger charge is 2.21. The predicted octanol–water partition coefficient (Wildman–Crippen LogP) is 2.79. The average molecular weight is 431 g/mol. The molecule has 1 aliphatic heterocycles. The van der Waals surface area contributed by atoms with E-state index in [-0.39, 0.29) is 30.4 Å². The van der Waals surface area contributed by atoms with Crippen LogP contribution in [0, 0.1) is 5.82 Å². The number of fused-ring (bicyclic) bond motifs is 1. The van der Waals surface area contributed by atoms with Crippen molar-refractivity contribution in [3.05, 3.63) is 59.4 Å². The zero-order valence-electron chi connectivity index (χ0n) is 15.6. The molecule has 2 aromatic carbocycles. The van der Waals surface area contributed by atoms with E-state index in [9.17, 15) is 12.8 Å². The van der Waals surface area contributed by atoms with E-state index in [2.05, 4.69) is 10.0 Å². The molecule has 1 aliphatic rings. The van der Waals surface area contributed by atoms with Gasteiger partial charge >= 0.3 is 0 Å². The molecule has 0 saturated carbocycles. The van der Waals surface area contributed by atoms with Crippen molar-refractivity contribution >= 4 is 22.4 Å². The summed E-state index contributed by atoms with van der Waals surface area (Å²) < 4.78 is 49.8. The van der Waals surface area contributed by atoms with E-state index in [4.69, 9.17) is 9.47 Å². The minimum atomic E-state index is -3.24. The van der Waals surface area contributed by atoms with Crippen molar-refractivity contribution in [2.24, 2.45) is 0 Å². The molecule has 2 atom stereocenters. The van der Waals surface area contributed by atoms with Gasteiger partial charge in [-0.1, -0.05) is 24.3 Å². The molecule has 0 amide bonds. The van der Waals surface area contributed by atoms with E-state index in [1.54, 1.807) is 13.0 Å². The minimum absolute atomic E-state index is 0. The highest BCUT2D eigenvalue weighted by atomic mass is 35.5. The fraction of sp³-hybridized carbons (Fsp3) is 0.368. The van der Waals surface area contributed by atoms with Gasteiger partial charge in [0.1, 0.15) is 18.5 Å². The molecule has 0 radical (unpaired) electrons. The summed E-state index contributed by atoms with van der Waals surface area (Å²) >= 11 is 0. The summed E-state index contributed by atoms with van der Waals surface area (Å²) in [6.45, 7) is 3.39. The number of benzene rings is 2. The van der Waals surface area contributed by atoms with Crippen LogP contribution in [0.5, 0.6) is 11.5 Å². The molecule has 9 heteroatoms. The van der Waals surface area contributed by atoms with Crippen molar-refractivity contribution in [3.8, 4) is 11.5 Å². The molecule has 1 heterocycles. The van der Waals surface area contributed by atoms with Crippen molar-refractivity contribution in [2.75, 3.05) is 19.4 Å². The Morgan fingerprint density at radius 2 is 1.89 bits per heavy atom. The fourth-order valence-electron chi connectivity index (χ4n) is 2.88. The highest BCUT2D eigenvalue weighted by molar-refractivity contribution is 7.88. The summed E-state index contributed by atoms with van der Waals surface area (Å²) in [6, 6.07) is 11.7. The van der Waals surface area contributed by atoms with Gasteiger partial charge in [0.05, 0.1) is 6.26 Å². The van der Waals surface area contributed by atoms with Crippen LogP contribution in [0.4, 0.5) is 4.39 Å². The molecule has 2 N–H and O–H groups in total. The molecule has 154 valence electrons. The van der Waals surface area contributed by atoms with Crippen LogP contribution in [0.2, 0.25) is 0 Å². The van der Waals surface area contributed by atoms with Crippen molar-refractivity contribution in [2.45, 2.75) is 25.6 Å². The van der Waals surface area contributed by atoms with Crippen LogP contribution in [-0.4, -0.2) is 33.9 Å². The zero-order chi connectivity index (χ0) is 19.4. The first kappa shape index (κ1) is 22.4. The van der Waals surface area contributed by atoms with Gasteiger partial charge in [-0.2, -0.15) is 0 Å². The van der Waals surface area contributed by atoms with Gasteiger partial charge in [-0.05, 0) is 30.2 Å². The second-order valence-electron chi connectivity index (χ2n) is 6.63. The Morgan fingerprint density at radius 3 is 2.57 bits per heavy atom. The lowest BCUT2D eigenvalue weighted by atomic mass is 10.1. The Balaban J connectivity index is 0.00000280. The largest absolute Gasteiger partial charge is 0.486 e. The van der Waals surface area contributed by atoms with E-state index in [1.165, 1.54) is 12.1 Å². The monoisotopic (exact) mass is 430 g/mol. The second-order valence-corrected chi connectivity index (χ2v) is 8.41. The number of hydrogen-bond acceptors (Lipinski definition) is 5. The van der Waals surface area contributed by atoms with Gasteiger partial charge in [-0.25, -0.2) is 17.5 Å². The maximum atomic E-state index is 13.3. The molecule has 0 aromatic heterocycles. The van der Waals surface area contributed by atoms with Crippen LogP contribution in [0.3, 0.4) is 0 Å². The van der Waals surface area contributed by atoms with Crippen LogP contribution in [-0.2, 0) is 16.6 Å². The topological polar surface area (TPSA) is 76.7 Å². The van der Waals surface area contributed by atoms with Crippen LogP contribution < -0.4 is 19.5 Å². The first-order valence-electron chi connectivity index (χ1n) is 8.66. The van der Waals surface area contributed by atoms with Gasteiger partial charge in [0, 0.05) is 25.2 Å². The molecular formula is C19H24ClFN2O4S. The Bertz CT molecular complexity index is 893. The lowest BCUT2D eigenvalue weighted by Gasteiger charge is -2.26. The Labute approximate surface area is 170 Å². The first-order chi connectivity index (χ1) is 12.8.